The second kappa shape index (κ2) is 5.14. The van der Waals surface area contributed by atoms with Gasteiger partial charge in [0.25, 0.3) is 0 Å². The summed E-state index contributed by atoms with van der Waals surface area (Å²) >= 11 is 0.322. The van der Waals surface area contributed by atoms with Crippen molar-refractivity contribution in [2.24, 2.45) is 0 Å². The van der Waals surface area contributed by atoms with Crippen molar-refractivity contribution in [3.05, 3.63) is 51.7 Å². The van der Waals surface area contributed by atoms with Gasteiger partial charge < -0.3 is 5.11 Å². The Kier molecular flexibility index (Phi) is 3.84. The van der Waals surface area contributed by atoms with E-state index in [2.05, 4.69) is 4.98 Å². The first-order chi connectivity index (χ1) is 9.29. The summed E-state index contributed by atoms with van der Waals surface area (Å²) in [4.78, 5) is 3.24. The van der Waals surface area contributed by atoms with Crippen LogP contribution in [0.3, 0.4) is 0 Å². The van der Waals surface area contributed by atoms with Crippen LogP contribution in [0.15, 0.2) is 30.5 Å². The van der Waals surface area contributed by atoms with Crippen molar-refractivity contribution in [2.45, 2.75) is 25.1 Å². The number of aromatic nitrogens is 1. The van der Waals surface area contributed by atoms with E-state index in [1.165, 1.54) is 18.2 Å². The zero-order valence-electron chi connectivity index (χ0n) is 10.4. The topological polar surface area (TPSA) is 33.1 Å². The van der Waals surface area contributed by atoms with Gasteiger partial charge in [-0.3, -0.25) is 0 Å². The maximum atomic E-state index is 13.8. The van der Waals surface area contributed by atoms with E-state index in [0.29, 0.717) is 11.3 Å². The minimum atomic E-state index is -4.58. The highest BCUT2D eigenvalue weighted by atomic mass is 32.1. The quantitative estimate of drug-likeness (QED) is 0.871. The van der Waals surface area contributed by atoms with Crippen LogP contribution in [-0.2, 0) is 11.8 Å². The van der Waals surface area contributed by atoms with Gasteiger partial charge in [0.15, 0.2) is 5.01 Å². The summed E-state index contributed by atoms with van der Waals surface area (Å²) in [6, 6.07) is 5.47. The number of rotatable bonds is 3. The van der Waals surface area contributed by atoms with Crippen LogP contribution in [0.5, 0.6) is 0 Å². The Morgan fingerprint density at radius 2 is 1.90 bits per heavy atom. The number of alkyl halides is 3. The number of halogens is 4. The predicted molar refractivity (Wildman–Crippen MR) is 66.8 cm³/mol. The number of thiazole rings is 1. The summed E-state index contributed by atoms with van der Waals surface area (Å²) in [7, 11) is 0. The number of hydrogen-bond acceptors (Lipinski definition) is 3. The van der Waals surface area contributed by atoms with Crippen LogP contribution >= 0.6 is 11.3 Å². The van der Waals surface area contributed by atoms with Crippen molar-refractivity contribution in [2.75, 3.05) is 0 Å². The molecule has 2 rings (SSSR count). The molecular formula is C13H11F4NOS. The molecule has 0 radical (unpaired) electrons. The van der Waals surface area contributed by atoms with Crippen LogP contribution in [0.2, 0.25) is 0 Å². The molecule has 20 heavy (non-hydrogen) atoms. The lowest BCUT2D eigenvalue weighted by molar-refractivity contribution is -0.137. The van der Waals surface area contributed by atoms with E-state index in [4.69, 9.17) is 0 Å². The second-order valence-electron chi connectivity index (χ2n) is 4.22. The summed E-state index contributed by atoms with van der Waals surface area (Å²) in [5.74, 6) is -0.668. The monoisotopic (exact) mass is 305 g/mol. The fourth-order valence-electron chi connectivity index (χ4n) is 1.89. The zero-order valence-corrected chi connectivity index (χ0v) is 11.2. The normalized spacial score (nSPS) is 15.1. The molecule has 1 atom stereocenters. The molecule has 0 aliphatic carbocycles. The molecule has 0 aliphatic rings. The maximum absolute atomic E-state index is 13.8. The molecule has 1 aromatic carbocycles. The molecule has 2 aromatic rings. The van der Waals surface area contributed by atoms with Gasteiger partial charge in [-0.1, -0.05) is 25.1 Å². The van der Waals surface area contributed by atoms with Crippen LogP contribution in [0, 0.1) is 5.82 Å². The third kappa shape index (κ3) is 2.55. The van der Waals surface area contributed by atoms with Crippen molar-refractivity contribution in [1.82, 2.24) is 4.98 Å². The third-order valence-electron chi connectivity index (χ3n) is 2.99. The van der Waals surface area contributed by atoms with Gasteiger partial charge >= 0.3 is 6.18 Å². The SMILES string of the molecule is CCC(O)(c1cnc(C(F)(F)F)s1)c1ccccc1F. The van der Waals surface area contributed by atoms with E-state index < -0.39 is 22.6 Å². The van der Waals surface area contributed by atoms with E-state index >= 15 is 0 Å². The van der Waals surface area contributed by atoms with Crippen LogP contribution in [0.25, 0.3) is 0 Å². The number of nitrogens with zero attached hydrogens (tertiary/aromatic N) is 1. The fourth-order valence-corrected chi connectivity index (χ4v) is 2.85. The highest BCUT2D eigenvalue weighted by Crippen LogP contribution is 2.41. The number of aliphatic hydroxyl groups is 1. The largest absolute Gasteiger partial charge is 0.443 e. The highest BCUT2D eigenvalue weighted by molar-refractivity contribution is 7.11. The Morgan fingerprint density at radius 3 is 2.40 bits per heavy atom. The average Bonchev–Trinajstić information content (AvgIpc) is 2.88. The van der Waals surface area contributed by atoms with Crippen LogP contribution < -0.4 is 0 Å². The van der Waals surface area contributed by atoms with Crippen molar-refractivity contribution < 1.29 is 22.7 Å². The first-order valence-corrected chi connectivity index (χ1v) is 6.61. The van der Waals surface area contributed by atoms with E-state index in [0.717, 1.165) is 12.3 Å². The minimum absolute atomic E-state index is 0.0302. The summed E-state index contributed by atoms with van der Waals surface area (Å²) in [6.45, 7) is 1.57. The van der Waals surface area contributed by atoms with E-state index in [1.807, 2.05) is 0 Å². The van der Waals surface area contributed by atoms with Crippen molar-refractivity contribution in [3.8, 4) is 0 Å². The molecule has 0 amide bonds. The molecule has 0 spiro atoms. The Hall–Kier alpha value is -1.47. The standard InChI is InChI=1S/C13H11F4NOS/c1-2-12(19,8-5-3-4-6-9(8)14)10-7-18-11(20-10)13(15,16)17/h3-7,19H,2H2,1H3. The predicted octanol–water partition coefficient (Wildman–Crippen LogP) is 3.95. The fraction of sp³-hybridized carbons (Fsp3) is 0.308. The highest BCUT2D eigenvalue weighted by Gasteiger charge is 2.39. The van der Waals surface area contributed by atoms with Crippen LogP contribution in [0.4, 0.5) is 17.6 Å². The lowest BCUT2D eigenvalue weighted by Crippen LogP contribution is -2.26. The molecule has 108 valence electrons. The number of hydrogen-bond donors (Lipinski definition) is 1. The van der Waals surface area contributed by atoms with Gasteiger partial charge in [0.2, 0.25) is 0 Å². The molecule has 0 saturated carbocycles. The number of benzene rings is 1. The Balaban J connectivity index is 2.52. The minimum Gasteiger partial charge on any atom is -0.379 e. The molecule has 1 N–H and O–H groups in total. The van der Waals surface area contributed by atoms with E-state index in [9.17, 15) is 22.7 Å². The van der Waals surface area contributed by atoms with Gasteiger partial charge in [-0.25, -0.2) is 9.37 Å². The van der Waals surface area contributed by atoms with Gasteiger partial charge in [0, 0.05) is 11.8 Å². The molecule has 1 aromatic heterocycles. The van der Waals surface area contributed by atoms with Crippen molar-refractivity contribution in [3.63, 3.8) is 0 Å². The molecule has 2 nitrogen and oxygen atoms in total. The first kappa shape index (κ1) is 14.9. The summed E-state index contributed by atoms with van der Waals surface area (Å²) < 4.78 is 51.5. The summed E-state index contributed by atoms with van der Waals surface area (Å²) in [5, 5.41) is 9.53. The molecular weight excluding hydrogens is 294 g/mol. The van der Waals surface area contributed by atoms with E-state index in [-0.39, 0.29) is 16.9 Å². The van der Waals surface area contributed by atoms with E-state index in [1.54, 1.807) is 6.92 Å². The molecule has 7 heteroatoms. The van der Waals surface area contributed by atoms with Crippen LogP contribution in [-0.4, -0.2) is 10.1 Å². The Morgan fingerprint density at radius 1 is 1.25 bits per heavy atom. The smallest absolute Gasteiger partial charge is 0.379 e. The molecule has 1 unspecified atom stereocenters. The third-order valence-corrected chi connectivity index (χ3v) is 4.18. The molecule has 0 aliphatic heterocycles. The molecule has 0 bridgehead atoms. The zero-order chi connectivity index (χ0) is 15.0. The van der Waals surface area contributed by atoms with Crippen molar-refractivity contribution >= 4 is 11.3 Å². The molecule has 1 heterocycles. The van der Waals surface area contributed by atoms with Gasteiger partial charge in [-0.05, 0) is 12.5 Å². The van der Waals surface area contributed by atoms with Gasteiger partial charge in [-0.2, -0.15) is 13.2 Å². The summed E-state index contributed by atoms with van der Waals surface area (Å²) in [6.07, 6.45) is -3.59. The molecule has 0 fully saturated rings. The Labute approximate surface area is 116 Å². The average molecular weight is 305 g/mol. The lowest BCUT2D eigenvalue weighted by Gasteiger charge is -2.26. The van der Waals surface area contributed by atoms with Crippen LogP contribution in [0.1, 0.15) is 28.8 Å². The first-order valence-electron chi connectivity index (χ1n) is 5.80. The maximum Gasteiger partial charge on any atom is 0.443 e. The Bertz CT molecular complexity index is 610. The molecule has 0 saturated heterocycles. The van der Waals surface area contributed by atoms with Gasteiger partial charge in [0.05, 0.1) is 4.88 Å². The lowest BCUT2D eigenvalue weighted by atomic mass is 9.89. The summed E-state index contributed by atoms with van der Waals surface area (Å²) in [5.41, 5.74) is -1.87. The second-order valence-corrected chi connectivity index (χ2v) is 5.25. The van der Waals surface area contributed by atoms with Crippen molar-refractivity contribution in [1.29, 1.82) is 0 Å². The van der Waals surface area contributed by atoms with Gasteiger partial charge in [-0.15, -0.1) is 11.3 Å². The van der Waals surface area contributed by atoms with Gasteiger partial charge in [0.1, 0.15) is 11.4 Å².